The van der Waals surface area contributed by atoms with Gasteiger partial charge in [-0.3, -0.25) is 4.79 Å². The summed E-state index contributed by atoms with van der Waals surface area (Å²) in [6, 6.07) is 8.01. The Morgan fingerprint density at radius 3 is 2.71 bits per heavy atom. The molecular formula is C17H23N3O. The quantitative estimate of drug-likeness (QED) is 0.621. The van der Waals surface area contributed by atoms with Gasteiger partial charge < -0.3 is 10.6 Å². The summed E-state index contributed by atoms with van der Waals surface area (Å²) in [5, 5.41) is 14.9. The van der Waals surface area contributed by atoms with Crippen molar-refractivity contribution < 1.29 is 4.79 Å². The first-order chi connectivity index (χ1) is 10.0. The minimum absolute atomic E-state index is 0.0846. The molecule has 1 rings (SSSR count). The van der Waals surface area contributed by atoms with Crippen molar-refractivity contribution in [2.75, 3.05) is 11.9 Å². The van der Waals surface area contributed by atoms with Crippen LogP contribution in [0.5, 0.6) is 0 Å². The highest BCUT2D eigenvalue weighted by Gasteiger charge is 2.10. The Labute approximate surface area is 126 Å². The molecule has 0 aromatic heterocycles. The van der Waals surface area contributed by atoms with E-state index in [1.165, 1.54) is 6.20 Å². The van der Waals surface area contributed by atoms with Crippen molar-refractivity contribution in [3.63, 3.8) is 0 Å². The van der Waals surface area contributed by atoms with Gasteiger partial charge in [-0.25, -0.2) is 0 Å². The summed E-state index contributed by atoms with van der Waals surface area (Å²) < 4.78 is 0. The van der Waals surface area contributed by atoms with Gasteiger partial charge in [-0.2, -0.15) is 5.26 Å². The maximum atomic E-state index is 11.8. The summed E-state index contributed by atoms with van der Waals surface area (Å²) in [7, 11) is 0. The molecule has 0 atom stereocenters. The second kappa shape index (κ2) is 8.11. The van der Waals surface area contributed by atoms with E-state index in [0.29, 0.717) is 12.5 Å². The van der Waals surface area contributed by atoms with E-state index in [9.17, 15) is 4.79 Å². The number of carbonyl (C=O) groups is 1. The standard InChI is InChI=1S/C17H23N3O/c1-5-9-19-17(21)14(10-18)11-20-16-13(4)7-6-8-15(16)12(2)3/h6-8,11-12,20H,5,9H2,1-4H3,(H,19,21)/b14-11-. The Balaban J connectivity index is 2.97. The van der Waals surface area contributed by atoms with Gasteiger partial charge in [-0.15, -0.1) is 0 Å². The van der Waals surface area contributed by atoms with Crippen LogP contribution < -0.4 is 10.6 Å². The van der Waals surface area contributed by atoms with E-state index in [2.05, 4.69) is 30.5 Å². The van der Waals surface area contributed by atoms with Gasteiger partial charge in [0.05, 0.1) is 0 Å². The van der Waals surface area contributed by atoms with Gasteiger partial charge in [0.25, 0.3) is 5.91 Å². The van der Waals surface area contributed by atoms with Crippen molar-refractivity contribution in [1.82, 2.24) is 5.32 Å². The number of hydrogen-bond donors (Lipinski definition) is 2. The molecule has 0 unspecified atom stereocenters. The summed E-state index contributed by atoms with van der Waals surface area (Å²) in [4.78, 5) is 11.8. The van der Waals surface area contributed by atoms with Crippen LogP contribution in [0.1, 0.15) is 44.2 Å². The molecule has 1 aromatic carbocycles. The van der Waals surface area contributed by atoms with Crippen LogP contribution >= 0.6 is 0 Å². The second-order valence-electron chi connectivity index (χ2n) is 5.26. The van der Waals surface area contributed by atoms with Gasteiger partial charge in [-0.05, 0) is 30.4 Å². The third-order valence-corrected chi connectivity index (χ3v) is 3.19. The molecule has 4 heteroatoms. The number of hydrogen-bond acceptors (Lipinski definition) is 3. The number of aryl methyl sites for hydroxylation is 1. The van der Waals surface area contributed by atoms with Crippen LogP contribution in [0.3, 0.4) is 0 Å². The molecule has 2 N–H and O–H groups in total. The summed E-state index contributed by atoms with van der Waals surface area (Å²) in [6.07, 6.45) is 2.33. The molecule has 0 aliphatic carbocycles. The van der Waals surface area contributed by atoms with Crippen LogP contribution in [0.15, 0.2) is 30.0 Å². The Morgan fingerprint density at radius 1 is 1.43 bits per heavy atom. The van der Waals surface area contributed by atoms with Gasteiger partial charge in [0, 0.05) is 18.4 Å². The Hall–Kier alpha value is -2.28. The number of rotatable bonds is 6. The number of nitriles is 1. The van der Waals surface area contributed by atoms with Crippen molar-refractivity contribution >= 4 is 11.6 Å². The van der Waals surface area contributed by atoms with Crippen molar-refractivity contribution in [3.05, 3.63) is 41.1 Å². The number of nitrogens with zero attached hydrogens (tertiary/aromatic N) is 1. The Kier molecular flexibility index (Phi) is 6.48. The second-order valence-corrected chi connectivity index (χ2v) is 5.26. The van der Waals surface area contributed by atoms with Crippen molar-refractivity contribution in [3.8, 4) is 6.07 Å². The molecule has 0 aliphatic heterocycles. The van der Waals surface area contributed by atoms with Gasteiger partial charge in [0.2, 0.25) is 0 Å². The zero-order chi connectivity index (χ0) is 15.8. The molecule has 0 spiro atoms. The van der Waals surface area contributed by atoms with Gasteiger partial charge in [0.15, 0.2) is 0 Å². The SMILES string of the molecule is CCCNC(=O)/C(C#N)=C\Nc1c(C)cccc1C(C)C. The van der Waals surface area contributed by atoms with Gasteiger partial charge >= 0.3 is 0 Å². The van der Waals surface area contributed by atoms with Crippen molar-refractivity contribution in [2.24, 2.45) is 0 Å². The molecule has 0 saturated heterocycles. The maximum absolute atomic E-state index is 11.8. The number of benzene rings is 1. The van der Waals surface area contributed by atoms with Crippen LogP contribution in [-0.4, -0.2) is 12.5 Å². The number of carbonyl (C=O) groups excluding carboxylic acids is 1. The van der Waals surface area contributed by atoms with E-state index in [-0.39, 0.29) is 11.5 Å². The molecule has 112 valence electrons. The molecule has 0 heterocycles. The normalized spacial score (nSPS) is 11.1. The lowest BCUT2D eigenvalue weighted by Gasteiger charge is -2.15. The fourth-order valence-electron chi connectivity index (χ4n) is 2.00. The lowest BCUT2D eigenvalue weighted by atomic mass is 9.98. The first-order valence-corrected chi connectivity index (χ1v) is 7.25. The van der Waals surface area contributed by atoms with Crippen LogP contribution in [0.4, 0.5) is 5.69 Å². The monoisotopic (exact) mass is 285 g/mol. The van der Waals surface area contributed by atoms with Gasteiger partial charge in [0.1, 0.15) is 11.6 Å². The number of anilines is 1. The molecular weight excluding hydrogens is 262 g/mol. The first-order valence-electron chi connectivity index (χ1n) is 7.25. The highest BCUT2D eigenvalue weighted by atomic mass is 16.1. The lowest BCUT2D eigenvalue weighted by molar-refractivity contribution is -0.117. The van der Waals surface area contributed by atoms with E-state index in [0.717, 1.165) is 23.2 Å². The fourth-order valence-corrected chi connectivity index (χ4v) is 2.00. The van der Waals surface area contributed by atoms with Crippen LogP contribution in [-0.2, 0) is 4.79 Å². The average Bonchev–Trinajstić information content (AvgIpc) is 2.46. The average molecular weight is 285 g/mol. The smallest absolute Gasteiger partial charge is 0.263 e. The first kappa shape index (κ1) is 16.8. The minimum Gasteiger partial charge on any atom is -0.360 e. The molecule has 1 aromatic rings. The van der Waals surface area contributed by atoms with E-state index in [1.807, 2.05) is 32.0 Å². The molecule has 0 saturated carbocycles. The van der Waals surface area contributed by atoms with Crippen molar-refractivity contribution in [2.45, 2.75) is 40.0 Å². The highest BCUT2D eigenvalue weighted by Crippen LogP contribution is 2.27. The summed E-state index contributed by atoms with van der Waals surface area (Å²) in [5.41, 5.74) is 3.30. The lowest BCUT2D eigenvalue weighted by Crippen LogP contribution is -2.25. The molecule has 0 radical (unpaired) electrons. The Bertz CT molecular complexity index is 568. The van der Waals surface area contributed by atoms with Gasteiger partial charge in [-0.1, -0.05) is 39.0 Å². The molecule has 21 heavy (non-hydrogen) atoms. The van der Waals surface area contributed by atoms with E-state index < -0.39 is 0 Å². The van der Waals surface area contributed by atoms with Crippen LogP contribution in [0, 0.1) is 18.3 Å². The molecule has 0 fully saturated rings. The van der Waals surface area contributed by atoms with Crippen LogP contribution in [0.25, 0.3) is 0 Å². The maximum Gasteiger partial charge on any atom is 0.263 e. The van der Waals surface area contributed by atoms with E-state index in [1.54, 1.807) is 0 Å². The molecule has 0 bridgehead atoms. The van der Waals surface area contributed by atoms with Crippen LogP contribution in [0.2, 0.25) is 0 Å². The summed E-state index contributed by atoms with van der Waals surface area (Å²) >= 11 is 0. The summed E-state index contributed by atoms with van der Waals surface area (Å²) in [5.74, 6) is 0.0202. The number of para-hydroxylation sites is 1. The topological polar surface area (TPSA) is 64.9 Å². The Morgan fingerprint density at radius 2 is 2.14 bits per heavy atom. The summed E-state index contributed by atoms with van der Waals surface area (Å²) in [6.45, 7) is 8.77. The zero-order valence-electron chi connectivity index (χ0n) is 13.2. The fraction of sp³-hybridized carbons (Fsp3) is 0.412. The predicted octanol–water partition coefficient (Wildman–Crippen LogP) is 3.46. The zero-order valence-corrected chi connectivity index (χ0v) is 13.2. The number of amides is 1. The molecule has 1 amide bonds. The minimum atomic E-state index is -0.341. The highest BCUT2D eigenvalue weighted by molar-refractivity contribution is 5.97. The van der Waals surface area contributed by atoms with E-state index >= 15 is 0 Å². The third-order valence-electron chi connectivity index (χ3n) is 3.19. The van der Waals surface area contributed by atoms with E-state index in [4.69, 9.17) is 5.26 Å². The molecule has 4 nitrogen and oxygen atoms in total. The number of nitrogens with one attached hydrogen (secondary N) is 2. The predicted molar refractivity (Wildman–Crippen MR) is 85.9 cm³/mol. The third kappa shape index (κ3) is 4.64. The largest absolute Gasteiger partial charge is 0.360 e. The molecule has 0 aliphatic rings. The van der Waals surface area contributed by atoms with Crippen molar-refractivity contribution in [1.29, 1.82) is 5.26 Å².